The largest absolute Gasteiger partial charge is 0.325 e. The van der Waals surface area contributed by atoms with Gasteiger partial charge in [-0.25, -0.2) is 0 Å². The van der Waals surface area contributed by atoms with Crippen LogP contribution in [-0.4, -0.2) is 18.5 Å². The molecule has 0 aliphatic carbocycles. The van der Waals surface area contributed by atoms with E-state index in [1.807, 2.05) is 37.3 Å². The molecule has 0 bridgehead atoms. The zero-order valence-corrected chi connectivity index (χ0v) is 9.36. The van der Waals surface area contributed by atoms with E-state index >= 15 is 0 Å². The molecule has 2 N–H and O–H groups in total. The molecule has 1 aromatic carbocycles. The van der Waals surface area contributed by atoms with Gasteiger partial charge in [0, 0.05) is 18.7 Å². The SMILES string of the molecule is C#CCCNC(C)C(=O)Nc1ccccc1. The van der Waals surface area contributed by atoms with E-state index in [9.17, 15) is 4.79 Å². The van der Waals surface area contributed by atoms with Crippen molar-refractivity contribution in [3.63, 3.8) is 0 Å². The number of carbonyl (C=O) groups excluding carboxylic acids is 1. The van der Waals surface area contributed by atoms with Crippen LogP contribution in [0.5, 0.6) is 0 Å². The molecule has 1 unspecified atom stereocenters. The molecule has 0 aromatic heterocycles. The van der Waals surface area contributed by atoms with Gasteiger partial charge in [0.15, 0.2) is 0 Å². The molecule has 3 nitrogen and oxygen atoms in total. The third kappa shape index (κ3) is 4.16. The highest BCUT2D eigenvalue weighted by molar-refractivity contribution is 5.94. The lowest BCUT2D eigenvalue weighted by atomic mass is 10.2. The molecule has 0 saturated heterocycles. The third-order valence-electron chi connectivity index (χ3n) is 2.15. The average molecular weight is 216 g/mol. The van der Waals surface area contributed by atoms with E-state index < -0.39 is 0 Å². The molecule has 0 spiro atoms. The van der Waals surface area contributed by atoms with E-state index in [2.05, 4.69) is 16.6 Å². The van der Waals surface area contributed by atoms with Gasteiger partial charge in [0.05, 0.1) is 6.04 Å². The second-order valence-corrected chi connectivity index (χ2v) is 3.49. The van der Waals surface area contributed by atoms with Crippen molar-refractivity contribution in [1.29, 1.82) is 0 Å². The predicted octanol–water partition coefficient (Wildman–Crippen LogP) is 1.63. The van der Waals surface area contributed by atoms with Gasteiger partial charge >= 0.3 is 0 Å². The maximum atomic E-state index is 11.7. The van der Waals surface area contributed by atoms with Gasteiger partial charge in [-0.1, -0.05) is 18.2 Å². The molecule has 16 heavy (non-hydrogen) atoms. The minimum absolute atomic E-state index is 0.0526. The van der Waals surface area contributed by atoms with Gasteiger partial charge in [-0.3, -0.25) is 4.79 Å². The fourth-order valence-corrected chi connectivity index (χ4v) is 1.23. The molecule has 3 heteroatoms. The average Bonchev–Trinajstić information content (AvgIpc) is 2.30. The van der Waals surface area contributed by atoms with Crippen LogP contribution in [0, 0.1) is 12.3 Å². The van der Waals surface area contributed by atoms with Crippen molar-refractivity contribution in [1.82, 2.24) is 5.32 Å². The lowest BCUT2D eigenvalue weighted by Crippen LogP contribution is -2.38. The number of rotatable bonds is 5. The Morgan fingerprint density at radius 1 is 1.44 bits per heavy atom. The molecule has 1 amide bonds. The van der Waals surface area contributed by atoms with E-state index in [0.29, 0.717) is 13.0 Å². The summed E-state index contributed by atoms with van der Waals surface area (Å²) in [5.41, 5.74) is 0.804. The normalized spacial score (nSPS) is 11.5. The molecule has 0 fully saturated rings. The molecule has 0 aliphatic rings. The van der Waals surface area contributed by atoms with Crippen molar-refractivity contribution in [2.24, 2.45) is 0 Å². The zero-order valence-electron chi connectivity index (χ0n) is 9.36. The minimum Gasteiger partial charge on any atom is -0.325 e. The summed E-state index contributed by atoms with van der Waals surface area (Å²) in [6.45, 7) is 2.47. The number of hydrogen-bond acceptors (Lipinski definition) is 2. The van der Waals surface area contributed by atoms with Crippen LogP contribution in [0.1, 0.15) is 13.3 Å². The smallest absolute Gasteiger partial charge is 0.241 e. The van der Waals surface area contributed by atoms with Gasteiger partial charge in [-0.05, 0) is 19.1 Å². The third-order valence-corrected chi connectivity index (χ3v) is 2.15. The highest BCUT2D eigenvalue weighted by atomic mass is 16.2. The first kappa shape index (κ1) is 12.3. The van der Waals surface area contributed by atoms with Crippen LogP contribution in [0.2, 0.25) is 0 Å². The number of hydrogen-bond donors (Lipinski definition) is 2. The van der Waals surface area contributed by atoms with Crippen molar-refractivity contribution >= 4 is 11.6 Å². The Balaban J connectivity index is 2.38. The van der Waals surface area contributed by atoms with E-state index in [1.165, 1.54) is 0 Å². The van der Waals surface area contributed by atoms with E-state index in [-0.39, 0.29) is 11.9 Å². The first-order valence-electron chi connectivity index (χ1n) is 5.27. The van der Waals surface area contributed by atoms with Gasteiger partial charge in [-0.15, -0.1) is 12.3 Å². The zero-order chi connectivity index (χ0) is 11.8. The van der Waals surface area contributed by atoms with E-state index in [1.54, 1.807) is 0 Å². The number of anilines is 1. The maximum Gasteiger partial charge on any atom is 0.241 e. The number of terminal acetylenes is 1. The van der Waals surface area contributed by atoms with E-state index in [4.69, 9.17) is 6.42 Å². The van der Waals surface area contributed by atoms with Crippen LogP contribution in [0.3, 0.4) is 0 Å². The van der Waals surface area contributed by atoms with Crippen LogP contribution in [0.4, 0.5) is 5.69 Å². The first-order chi connectivity index (χ1) is 7.74. The van der Waals surface area contributed by atoms with Crippen molar-refractivity contribution in [3.05, 3.63) is 30.3 Å². The molecule has 0 heterocycles. The lowest BCUT2D eigenvalue weighted by molar-refractivity contribution is -0.117. The second-order valence-electron chi connectivity index (χ2n) is 3.49. The Morgan fingerprint density at radius 2 is 2.12 bits per heavy atom. The Morgan fingerprint density at radius 3 is 2.75 bits per heavy atom. The maximum absolute atomic E-state index is 11.7. The molecule has 84 valence electrons. The Kier molecular flexibility index (Phi) is 5.10. The van der Waals surface area contributed by atoms with Crippen molar-refractivity contribution in [2.45, 2.75) is 19.4 Å². The van der Waals surface area contributed by atoms with Gasteiger partial charge in [0.25, 0.3) is 0 Å². The van der Waals surface area contributed by atoms with Gasteiger partial charge in [-0.2, -0.15) is 0 Å². The van der Waals surface area contributed by atoms with Crippen LogP contribution in [0.15, 0.2) is 30.3 Å². The Hall–Kier alpha value is -1.79. The minimum atomic E-state index is -0.242. The van der Waals surface area contributed by atoms with Crippen LogP contribution in [-0.2, 0) is 4.79 Å². The van der Waals surface area contributed by atoms with Gasteiger partial charge in [0.1, 0.15) is 0 Å². The standard InChI is InChI=1S/C13H16N2O/c1-3-4-10-14-11(2)13(16)15-12-8-6-5-7-9-12/h1,5-9,11,14H,4,10H2,2H3,(H,15,16). The fraction of sp³-hybridized carbons (Fsp3) is 0.308. The van der Waals surface area contributed by atoms with E-state index in [0.717, 1.165) is 5.69 Å². The summed E-state index contributed by atoms with van der Waals surface area (Å²) >= 11 is 0. The fourth-order valence-electron chi connectivity index (χ4n) is 1.23. The number of para-hydroxylation sites is 1. The van der Waals surface area contributed by atoms with Gasteiger partial charge < -0.3 is 10.6 Å². The second kappa shape index (κ2) is 6.65. The van der Waals surface area contributed by atoms with Crippen molar-refractivity contribution < 1.29 is 4.79 Å². The molecule has 1 aromatic rings. The summed E-state index contributed by atoms with van der Waals surface area (Å²) in [6, 6.07) is 9.13. The molecule has 1 rings (SSSR count). The summed E-state index contributed by atoms with van der Waals surface area (Å²) in [5, 5.41) is 5.86. The summed E-state index contributed by atoms with van der Waals surface area (Å²) in [4.78, 5) is 11.7. The highest BCUT2D eigenvalue weighted by Crippen LogP contribution is 2.05. The lowest BCUT2D eigenvalue weighted by Gasteiger charge is -2.13. The molecule has 0 radical (unpaired) electrons. The topological polar surface area (TPSA) is 41.1 Å². The quantitative estimate of drug-likeness (QED) is 0.580. The van der Waals surface area contributed by atoms with Crippen LogP contribution >= 0.6 is 0 Å². The van der Waals surface area contributed by atoms with Gasteiger partial charge in [0.2, 0.25) is 5.91 Å². The number of nitrogens with one attached hydrogen (secondary N) is 2. The van der Waals surface area contributed by atoms with Crippen LogP contribution < -0.4 is 10.6 Å². The highest BCUT2D eigenvalue weighted by Gasteiger charge is 2.11. The summed E-state index contributed by atoms with van der Waals surface area (Å²) in [7, 11) is 0. The molecule has 0 aliphatic heterocycles. The summed E-state index contributed by atoms with van der Waals surface area (Å²) < 4.78 is 0. The number of carbonyl (C=O) groups is 1. The summed E-state index contributed by atoms with van der Waals surface area (Å²) in [5.74, 6) is 2.46. The predicted molar refractivity (Wildman–Crippen MR) is 66.0 cm³/mol. The molecular formula is C13H16N2O. The van der Waals surface area contributed by atoms with Crippen molar-refractivity contribution in [3.8, 4) is 12.3 Å². The molecule has 0 saturated carbocycles. The Labute approximate surface area is 96.2 Å². The molecule has 1 atom stereocenters. The summed E-state index contributed by atoms with van der Waals surface area (Å²) in [6.07, 6.45) is 5.75. The monoisotopic (exact) mass is 216 g/mol. The van der Waals surface area contributed by atoms with Crippen LogP contribution in [0.25, 0.3) is 0 Å². The van der Waals surface area contributed by atoms with Crippen molar-refractivity contribution in [2.75, 3.05) is 11.9 Å². The number of benzene rings is 1. The molecular weight excluding hydrogens is 200 g/mol. The first-order valence-corrected chi connectivity index (χ1v) is 5.27. The number of amides is 1. The Bertz CT molecular complexity index is 367.